The summed E-state index contributed by atoms with van der Waals surface area (Å²) < 4.78 is 16.4. The van der Waals surface area contributed by atoms with Gasteiger partial charge in [-0.2, -0.15) is 0 Å². The SMILES string of the molecule is COc1ccc([C@H]2[C@@H](C(=O)N3CCN(c4ccccc4)CC3)CCC(=O)N2c2ccc3c(c2)OCO3)cc1. The standard InChI is InChI=1S/C30H31N3O5/c1-36-24-10-7-21(8-11-24)29-25(30(35)32-17-15-31(16-18-32)22-5-3-2-4-6-22)12-14-28(34)33(29)23-9-13-26-27(19-23)38-20-37-26/h2-11,13,19,25,29H,12,14-18,20H2,1H3/t25-,29-/m0/s1. The number of benzene rings is 3. The van der Waals surface area contributed by atoms with E-state index >= 15 is 0 Å². The summed E-state index contributed by atoms with van der Waals surface area (Å²) >= 11 is 0. The van der Waals surface area contributed by atoms with E-state index in [0.717, 1.165) is 24.4 Å². The van der Waals surface area contributed by atoms with Crippen LogP contribution >= 0.6 is 0 Å². The molecule has 2 fully saturated rings. The van der Waals surface area contributed by atoms with Crippen LogP contribution in [0, 0.1) is 5.92 Å². The van der Waals surface area contributed by atoms with Gasteiger partial charge < -0.3 is 28.9 Å². The van der Waals surface area contributed by atoms with E-state index in [0.29, 0.717) is 43.1 Å². The highest BCUT2D eigenvalue weighted by Gasteiger charge is 2.43. The van der Waals surface area contributed by atoms with Crippen molar-refractivity contribution in [3.8, 4) is 17.2 Å². The molecule has 3 aliphatic rings. The molecule has 2 saturated heterocycles. The maximum atomic E-state index is 14.1. The summed E-state index contributed by atoms with van der Waals surface area (Å²) in [4.78, 5) is 33.6. The molecule has 0 radical (unpaired) electrons. The Bertz CT molecular complexity index is 1310. The number of amides is 2. The monoisotopic (exact) mass is 513 g/mol. The van der Waals surface area contributed by atoms with Crippen LogP contribution in [0.4, 0.5) is 11.4 Å². The van der Waals surface area contributed by atoms with Gasteiger partial charge >= 0.3 is 0 Å². The first-order chi connectivity index (χ1) is 18.6. The number of nitrogens with zero attached hydrogens (tertiary/aromatic N) is 3. The summed E-state index contributed by atoms with van der Waals surface area (Å²) in [6, 6.07) is 23.1. The molecule has 0 aromatic heterocycles. The summed E-state index contributed by atoms with van der Waals surface area (Å²) in [7, 11) is 1.62. The van der Waals surface area contributed by atoms with E-state index in [2.05, 4.69) is 17.0 Å². The number of hydrogen-bond donors (Lipinski definition) is 0. The predicted octanol–water partition coefficient (Wildman–Crippen LogP) is 4.26. The van der Waals surface area contributed by atoms with Crippen LogP contribution in [0.1, 0.15) is 24.4 Å². The predicted molar refractivity (Wildman–Crippen MR) is 144 cm³/mol. The summed E-state index contributed by atoms with van der Waals surface area (Å²) in [5.41, 5.74) is 2.78. The van der Waals surface area contributed by atoms with E-state index in [1.54, 1.807) is 12.0 Å². The molecule has 0 N–H and O–H groups in total. The normalized spacial score (nSPS) is 21.0. The van der Waals surface area contributed by atoms with Crippen LogP contribution < -0.4 is 24.0 Å². The fourth-order valence-electron chi connectivity index (χ4n) is 5.73. The second-order valence-electron chi connectivity index (χ2n) is 9.81. The zero-order valence-corrected chi connectivity index (χ0v) is 21.4. The van der Waals surface area contributed by atoms with Crippen molar-refractivity contribution < 1.29 is 23.8 Å². The van der Waals surface area contributed by atoms with E-state index in [1.807, 2.05) is 65.6 Å². The number of carbonyl (C=O) groups excluding carboxylic acids is 2. The molecule has 3 aromatic rings. The summed E-state index contributed by atoms with van der Waals surface area (Å²) in [6.45, 7) is 3.01. The lowest BCUT2D eigenvalue weighted by molar-refractivity contribution is -0.138. The largest absolute Gasteiger partial charge is 0.497 e. The molecule has 2 amide bonds. The average Bonchev–Trinajstić information content (AvgIpc) is 3.45. The molecule has 3 heterocycles. The number of hydrogen-bond acceptors (Lipinski definition) is 6. The van der Waals surface area contributed by atoms with Gasteiger partial charge in [0.2, 0.25) is 18.6 Å². The van der Waals surface area contributed by atoms with Gasteiger partial charge in [0, 0.05) is 50.0 Å². The summed E-state index contributed by atoms with van der Waals surface area (Å²) in [5.74, 6) is 1.71. The van der Waals surface area contributed by atoms with Crippen molar-refractivity contribution in [1.82, 2.24) is 4.90 Å². The van der Waals surface area contributed by atoms with Gasteiger partial charge in [0.15, 0.2) is 11.5 Å². The highest BCUT2D eigenvalue weighted by Crippen LogP contribution is 2.44. The third-order valence-corrected chi connectivity index (χ3v) is 7.72. The van der Waals surface area contributed by atoms with E-state index in [4.69, 9.17) is 14.2 Å². The van der Waals surface area contributed by atoms with Gasteiger partial charge in [0.1, 0.15) is 5.75 Å². The molecule has 0 saturated carbocycles. The molecule has 3 aliphatic heterocycles. The average molecular weight is 514 g/mol. The third kappa shape index (κ3) is 4.51. The van der Waals surface area contributed by atoms with Crippen molar-refractivity contribution in [3.05, 3.63) is 78.4 Å². The summed E-state index contributed by atoms with van der Waals surface area (Å²) in [5, 5.41) is 0. The van der Waals surface area contributed by atoms with Gasteiger partial charge in [-0.15, -0.1) is 0 Å². The molecule has 0 bridgehead atoms. The molecule has 8 nitrogen and oxygen atoms in total. The van der Waals surface area contributed by atoms with Crippen molar-refractivity contribution in [2.75, 3.05) is 49.9 Å². The smallest absolute Gasteiger partial charge is 0.231 e. The minimum Gasteiger partial charge on any atom is -0.497 e. The Hall–Kier alpha value is -4.20. The van der Waals surface area contributed by atoms with Crippen LogP contribution in [0.15, 0.2) is 72.8 Å². The first-order valence-corrected chi connectivity index (χ1v) is 13.1. The lowest BCUT2D eigenvalue weighted by Gasteiger charge is -2.44. The second-order valence-corrected chi connectivity index (χ2v) is 9.81. The maximum Gasteiger partial charge on any atom is 0.231 e. The lowest BCUT2D eigenvalue weighted by Crippen LogP contribution is -2.54. The van der Waals surface area contributed by atoms with Gasteiger partial charge in [0.25, 0.3) is 0 Å². The third-order valence-electron chi connectivity index (χ3n) is 7.72. The van der Waals surface area contributed by atoms with Crippen LogP contribution in [0.25, 0.3) is 0 Å². The highest BCUT2D eigenvalue weighted by molar-refractivity contribution is 5.98. The molecular weight excluding hydrogens is 482 g/mol. The zero-order valence-electron chi connectivity index (χ0n) is 21.4. The van der Waals surface area contributed by atoms with Gasteiger partial charge in [-0.3, -0.25) is 9.59 Å². The van der Waals surface area contributed by atoms with Crippen LogP contribution in [-0.2, 0) is 9.59 Å². The number of piperidine rings is 1. The molecule has 2 atom stereocenters. The molecule has 0 aliphatic carbocycles. The molecular formula is C30H31N3O5. The van der Waals surface area contributed by atoms with Crippen molar-refractivity contribution in [2.45, 2.75) is 18.9 Å². The van der Waals surface area contributed by atoms with E-state index < -0.39 is 6.04 Å². The summed E-state index contributed by atoms with van der Waals surface area (Å²) in [6.07, 6.45) is 0.815. The molecule has 6 rings (SSSR count). The second kappa shape index (κ2) is 10.3. The fourth-order valence-corrected chi connectivity index (χ4v) is 5.73. The topological polar surface area (TPSA) is 71.6 Å². The Kier molecular flexibility index (Phi) is 6.54. The zero-order chi connectivity index (χ0) is 26.1. The van der Waals surface area contributed by atoms with Crippen molar-refractivity contribution in [1.29, 1.82) is 0 Å². The molecule has 3 aromatic carbocycles. The molecule has 38 heavy (non-hydrogen) atoms. The molecule has 0 unspecified atom stereocenters. The Labute approximate surface area is 222 Å². The number of rotatable bonds is 5. The number of carbonyl (C=O) groups is 2. The van der Waals surface area contributed by atoms with Crippen molar-refractivity contribution >= 4 is 23.2 Å². The number of ether oxygens (including phenoxy) is 3. The first-order valence-electron chi connectivity index (χ1n) is 13.1. The number of piperazine rings is 1. The molecule has 0 spiro atoms. The van der Waals surface area contributed by atoms with E-state index in [9.17, 15) is 9.59 Å². The van der Waals surface area contributed by atoms with Crippen LogP contribution in [-0.4, -0.2) is 56.8 Å². The minimum absolute atomic E-state index is 0.0115. The first kappa shape index (κ1) is 24.2. The Balaban J connectivity index is 1.30. The van der Waals surface area contributed by atoms with Gasteiger partial charge in [-0.25, -0.2) is 0 Å². The number of para-hydroxylation sites is 1. The van der Waals surface area contributed by atoms with Crippen LogP contribution in [0.3, 0.4) is 0 Å². The maximum absolute atomic E-state index is 14.1. The number of methoxy groups -OCH3 is 1. The van der Waals surface area contributed by atoms with Crippen molar-refractivity contribution in [3.63, 3.8) is 0 Å². The quantitative estimate of drug-likeness (QED) is 0.508. The van der Waals surface area contributed by atoms with Crippen molar-refractivity contribution in [2.24, 2.45) is 5.92 Å². The van der Waals surface area contributed by atoms with Crippen LogP contribution in [0.5, 0.6) is 17.2 Å². The fraction of sp³-hybridized carbons (Fsp3) is 0.333. The Morgan fingerprint density at radius 2 is 1.61 bits per heavy atom. The van der Waals surface area contributed by atoms with Crippen LogP contribution in [0.2, 0.25) is 0 Å². The number of fused-ring (bicyclic) bond motifs is 1. The molecule has 196 valence electrons. The number of anilines is 2. The Morgan fingerprint density at radius 1 is 0.868 bits per heavy atom. The lowest BCUT2D eigenvalue weighted by atomic mass is 9.82. The van der Waals surface area contributed by atoms with E-state index in [-0.39, 0.29) is 24.5 Å². The minimum atomic E-state index is -0.442. The Morgan fingerprint density at radius 3 is 2.34 bits per heavy atom. The van der Waals surface area contributed by atoms with Gasteiger partial charge in [-0.05, 0) is 48.4 Å². The highest BCUT2D eigenvalue weighted by atomic mass is 16.7. The molecule has 8 heteroatoms. The van der Waals surface area contributed by atoms with E-state index in [1.165, 1.54) is 5.69 Å². The van der Waals surface area contributed by atoms with Gasteiger partial charge in [0.05, 0.1) is 19.1 Å². The van der Waals surface area contributed by atoms with Gasteiger partial charge in [-0.1, -0.05) is 30.3 Å².